The van der Waals surface area contributed by atoms with Crippen molar-refractivity contribution < 1.29 is 9.53 Å². The first-order valence-corrected chi connectivity index (χ1v) is 8.97. The Kier molecular flexibility index (Phi) is 4.56. The Hall–Kier alpha value is -2.89. The topological polar surface area (TPSA) is 59.7 Å². The molecule has 1 aliphatic rings. The smallest absolute Gasteiger partial charge is 0.227 e. The first-order valence-electron chi connectivity index (χ1n) is 8.97. The first-order chi connectivity index (χ1) is 12.7. The molecule has 1 saturated heterocycles. The number of carbonyl (C=O) groups is 1. The Labute approximate surface area is 152 Å². The van der Waals surface area contributed by atoms with E-state index in [0.717, 1.165) is 48.5 Å². The second kappa shape index (κ2) is 7.15. The van der Waals surface area contributed by atoms with Gasteiger partial charge in [-0.25, -0.2) is 9.50 Å². The number of carbonyl (C=O) groups excluding carboxylic acids is 1. The molecule has 0 spiro atoms. The molecule has 4 rings (SSSR count). The maximum atomic E-state index is 13.0. The second-order valence-electron chi connectivity index (χ2n) is 6.61. The molecule has 6 heteroatoms. The molecule has 2 aromatic heterocycles. The van der Waals surface area contributed by atoms with E-state index in [1.54, 1.807) is 17.8 Å². The molecule has 1 fully saturated rings. The van der Waals surface area contributed by atoms with E-state index in [2.05, 4.69) is 5.10 Å². The molecule has 1 atom stereocenters. The molecule has 0 saturated carbocycles. The predicted octanol–water partition coefficient (Wildman–Crippen LogP) is 3.03. The maximum absolute atomic E-state index is 13.0. The van der Waals surface area contributed by atoms with Crippen molar-refractivity contribution in [2.24, 2.45) is 0 Å². The Morgan fingerprint density at radius 3 is 2.85 bits per heavy atom. The first kappa shape index (κ1) is 16.6. The van der Waals surface area contributed by atoms with Gasteiger partial charge in [0.25, 0.3) is 0 Å². The van der Waals surface area contributed by atoms with Crippen LogP contribution in [0.1, 0.15) is 36.6 Å². The summed E-state index contributed by atoms with van der Waals surface area (Å²) < 4.78 is 6.93. The van der Waals surface area contributed by atoms with Crippen molar-refractivity contribution in [3.63, 3.8) is 0 Å². The van der Waals surface area contributed by atoms with Gasteiger partial charge in [0.1, 0.15) is 5.75 Å². The predicted molar refractivity (Wildman–Crippen MR) is 98.0 cm³/mol. The third-order valence-electron chi connectivity index (χ3n) is 4.96. The summed E-state index contributed by atoms with van der Waals surface area (Å²) in [5.41, 5.74) is 2.76. The summed E-state index contributed by atoms with van der Waals surface area (Å²) in [4.78, 5) is 19.7. The van der Waals surface area contributed by atoms with Crippen LogP contribution >= 0.6 is 0 Å². The average Bonchev–Trinajstić information content (AvgIpc) is 3.16. The van der Waals surface area contributed by atoms with Crippen molar-refractivity contribution >= 4 is 11.6 Å². The molecule has 3 aromatic rings. The van der Waals surface area contributed by atoms with Gasteiger partial charge in [0.15, 0.2) is 5.65 Å². The second-order valence-corrected chi connectivity index (χ2v) is 6.61. The highest BCUT2D eigenvalue weighted by Crippen LogP contribution is 2.30. The number of methoxy groups -OCH3 is 1. The molecule has 0 radical (unpaired) electrons. The molecule has 134 valence electrons. The van der Waals surface area contributed by atoms with Gasteiger partial charge in [-0.1, -0.05) is 12.1 Å². The van der Waals surface area contributed by atoms with Crippen molar-refractivity contribution in [3.8, 4) is 5.75 Å². The number of benzene rings is 1. The summed E-state index contributed by atoms with van der Waals surface area (Å²) in [6.07, 6.45) is 7.15. The Morgan fingerprint density at radius 2 is 2.04 bits per heavy atom. The molecule has 0 aliphatic carbocycles. The highest BCUT2D eigenvalue weighted by Gasteiger charge is 2.29. The number of hydrogen-bond donors (Lipinski definition) is 0. The lowest BCUT2D eigenvalue weighted by atomic mass is 9.98. The molecule has 0 bridgehead atoms. The number of amides is 1. The molecule has 6 nitrogen and oxygen atoms in total. The monoisotopic (exact) mass is 350 g/mol. The fraction of sp³-hybridized carbons (Fsp3) is 0.350. The van der Waals surface area contributed by atoms with E-state index in [1.807, 2.05) is 47.5 Å². The van der Waals surface area contributed by atoms with Crippen LogP contribution < -0.4 is 4.74 Å². The van der Waals surface area contributed by atoms with Crippen LogP contribution in [0.3, 0.4) is 0 Å². The summed E-state index contributed by atoms with van der Waals surface area (Å²) in [7, 11) is 1.64. The van der Waals surface area contributed by atoms with Crippen LogP contribution in [0.25, 0.3) is 5.65 Å². The minimum atomic E-state index is 0.0365. The number of aromatic nitrogens is 3. The van der Waals surface area contributed by atoms with Crippen LogP contribution in [0.15, 0.2) is 48.8 Å². The Morgan fingerprint density at radius 1 is 1.19 bits per heavy atom. The van der Waals surface area contributed by atoms with E-state index in [9.17, 15) is 4.79 Å². The molecule has 1 amide bonds. The third kappa shape index (κ3) is 3.27. The van der Waals surface area contributed by atoms with Gasteiger partial charge in [0, 0.05) is 18.8 Å². The van der Waals surface area contributed by atoms with Crippen molar-refractivity contribution in [3.05, 3.63) is 60.0 Å². The lowest BCUT2D eigenvalue weighted by molar-refractivity contribution is -0.134. The lowest BCUT2D eigenvalue weighted by Gasteiger charge is -2.35. The standard InChI is InChI=1S/C20H22N4O2/c1-26-16-7-5-15(6-8-16)14-20(25)23-12-3-2-4-18(23)17-10-13-24-19(22-17)9-11-21-24/h5-11,13,18H,2-4,12,14H2,1H3/t18-/m1/s1. The van der Waals surface area contributed by atoms with Gasteiger partial charge >= 0.3 is 0 Å². The van der Waals surface area contributed by atoms with Gasteiger partial charge < -0.3 is 9.64 Å². The van der Waals surface area contributed by atoms with Gasteiger partial charge in [-0.3, -0.25) is 4.79 Å². The number of nitrogens with zero attached hydrogens (tertiary/aromatic N) is 4. The highest BCUT2D eigenvalue weighted by molar-refractivity contribution is 5.79. The van der Waals surface area contributed by atoms with Crippen LogP contribution in [0.2, 0.25) is 0 Å². The summed E-state index contributed by atoms with van der Waals surface area (Å²) in [5.74, 6) is 0.949. The molecule has 26 heavy (non-hydrogen) atoms. The largest absolute Gasteiger partial charge is 0.497 e. The van der Waals surface area contributed by atoms with Gasteiger partial charge in [0.05, 0.1) is 31.5 Å². The minimum absolute atomic E-state index is 0.0365. The quantitative estimate of drug-likeness (QED) is 0.726. The minimum Gasteiger partial charge on any atom is -0.497 e. The zero-order valence-corrected chi connectivity index (χ0v) is 14.8. The third-order valence-corrected chi connectivity index (χ3v) is 4.96. The molecule has 0 N–H and O–H groups in total. The number of hydrogen-bond acceptors (Lipinski definition) is 4. The number of ether oxygens (including phenoxy) is 1. The molecular weight excluding hydrogens is 328 g/mol. The van der Waals surface area contributed by atoms with Crippen LogP contribution in [-0.2, 0) is 11.2 Å². The highest BCUT2D eigenvalue weighted by atomic mass is 16.5. The maximum Gasteiger partial charge on any atom is 0.227 e. The van der Waals surface area contributed by atoms with Gasteiger partial charge in [-0.2, -0.15) is 5.10 Å². The zero-order chi connectivity index (χ0) is 17.9. The normalized spacial score (nSPS) is 17.4. The van der Waals surface area contributed by atoms with E-state index in [0.29, 0.717) is 6.42 Å². The molecule has 0 unspecified atom stereocenters. The zero-order valence-electron chi connectivity index (χ0n) is 14.8. The van der Waals surface area contributed by atoms with E-state index in [1.165, 1.54) is 0 Å². The van der Waals surface area contributed by atoms with Gasteiger partial charge in [-0.15, -0.1) is 0 Å². The summed E-state index contributed by atoms with van der Waals surface area (Å²) in [5, 5.41) is 4.19. The fourth-order valence-corrected chi connectivity index (χ4v) is 3.57. The van der Waals surface area contributed by atoms with E-state index < -0.39 is 0 Å². The van der Waals surface area contributed by atoms with Crippen LogP contribution in [0.4, 0.5) is 0 Å². The molecule has 1 aliphatic heterocycles. The van der Waals surface area contributed by atoms with E-state index in [4.69, 9.17) is 9.72 Å². The average molecular weight is 350 g/mol. The number of piperidine rings is 1. The molecule has 3 heterocycles. The Balaban J connectivity index is 1.54. The molecular formula is C20H22N4O2. The van der Waals surface area contributed by atoms with Crippen molar-refractivity contribution in [2.45, 2.75) is 31.7 Å². The van der Waals surface area contributed by atoms with Gasteiger partial charge in [-0.05, 0) is 43.0 Å². The summed E-state index contributed by atoms with van der Waals surface area (Å²) >= 11 is 0. The van der Waals surface area contributed by atoms with E-state index >= 15 is 0 Å². The van der Waals surface area contributed by atoms with Crippen molar-refractivity contribution in [2.75, 3.05) is 13.7 Å². The van der Waals surface area contributed by atoms with Gasteiger partial charge in [0.2, 0.25) is 5.91 Å². The SMILES string of the molecule is COc1ccc(CC(=O)N2CCCC[C@@H]2c2ccn3nccc3n2)cc1. The summed E-state index contributed by atoms with van der Waals surface area (Å²) in [6, 6.07) is 11.6. The van der Waals surface area contributed by atoms with Crippen LogP contribution in [-0.4, -0.2) is 39.1 Å². The van der Waals surface area contributed by atoms with Crippen LogP contribution in [0, 0.1) is 0 Å². The number of likely N-dealkylation sites (tertiary alicyclic amines) is 1. The Bertz CT molecular complexity index is 904. The fourth-order valence-electron chi connectivity index (χ4n) is 3.57. The van der Waals surface area contributed by atoms with E-state index in [-0.39, 0.29) is 11.9 Å². The van der Waals surface area contributed by atoms with Crippen molar-refractivity contribution in [1.29, 1.82) is 0 Å². The van der Waals surface area contributed by atoms with Crippen LogP contribution in [0.5, 0.6) is 5.75 Å². The number of rotatable bonds is 4. The number of fused-ring (bicyclic) bond motifs is 1. The molecule has 1 aromatic carbocycles. The summed E-state index contributed by atoms with van der Waals surface area (Å²) in [6.45, 7) is 0.784. The van der Waals surface area contributed by atoms with Crippen molar-refractivity contribution in [1.82, 2.24) is 19.5 Å². The lowest BCUT2D eigenvalue weighted by Crippen LogP contribution is -2.39.